The molecule has 0 bridgehead atoms. The van der Waals surface area contributed by atoms with Crippen molar-refractivity contribution in [2.45, 2.75) is 5.33 Å². The van der Waals surface area contributed by atoms with Gasteiger partial charge in [0, 0.05) is 11.4 Å². The minimum absolute atomic E-state index is 0.106. The highest BCUT2D eigenvalue weighted by Crippen LogP contribution is 2.28. The Morgan fingerprint density at radius 2 is 1.50 bits per heavy atom. The van der Waals surface area contributed by atoms with Gasteiger partial charge in [0.15, 0.2) is 23.1 Å². The van der Waals surface area contributed by atoms with Crippen LogP contribution in [0.5, 0.6) is 11.5 Å². The molecule has 0 unspecified atom stereocenters. The quantitative estimate of drug-likeness (QED) is 0.740. The van der Waals surface area contributed by atoms with E-state index in [1.165, 1.54) is 12.1 Å². The first-order chi connectivity index (χ1) is 8.60. The average Bonchev–Trinajstić information content (AvgIpc) is 2.34. The van der Waals surface area contributed by atoms with E-state index in [0.29, 0.717) is 11.4 Å². The molecule has 0 radical (unpaired) electrons. The van der Waals surface area contributed by atoms with Gasteiger partial charge in [-0.3, -0.25) is 0 Å². The number of alkyl halides is 1. The lowest BCUT2D eigenvalue weighted by atomic mass is 10.2. The van der Waals surface area contributed by atoms with Gasteiger partial charge in [0.1, 0.15) is 5.82 Å². The maximum Gasteiger partial charge on any atom is 0.168 e. The van der Waals surface area contributed by atoms with Gasteiger partial charge >= 0.3 is 0 Å². The van der Waals surface area contributed by atoms with Crippen molar-refractivity contribution in [3.8, 4) is 11.5 Å². The summed E-state index contributed by atoms with van der Waals surface area (Å²) in [5.74, 6) is -2.52. The first-order valence-corrected chi connectivity index (χ1v) is 6.19. The van der Waals surface area contributed by atoms with E-state index in [0.717, 1.165) is 17.7 Å². The highest BCUT2D eigenvalue weighted by molar-refractivity contribution is 9.08. The second-order valence-corrected chi connectivity index (χ2v) is 4.14. The molecule has 2 rings (SSSR count). The lowest BCUT2D eigenvalue weighted by molar-refractivity contribution is 0.411. The second-order valence-electron chi connectivity index (χ2n) is 3.58. The number of ether oxygens (including phenoxy) is 1. The van der Waals surface area contributed by atoms with Crippen molar-refractivity contribution >= 4 is 15.9 Å². The van der Waals surface area contributed by atoms with Crippen LogP contribution in [0.2, 0.25) is 0 Å². The summed E-state index contributed by atoms with van der Waals surface area (Å²) in [7, 11) is 0. The third kappa shape index (κ3) is 2.85. The van der Waals surface area contributed by atoms with Crippen molar-refractivity contribution in [3.63, 3.8) is 0 Å². The minimum Gasteiger partial charge on any atom is -0.451 e. The number of benzene rings is 2. The van der Waals surface area contributed by atoms with E-state index in [2.05, 4.69) is 15.9 Å². The Balaban J connectivity index is 2.28. The summed E-state index contributed by atoms with van der Waals surface area (Å²) in [6.07, 6.45) is 0. The Morgan fingerprint density at radius 1 is 0.889 bits per heavy atom. The average molecular weight is 317 g/mol. The van der Waals surface area contributed by atoms with Crippen molar-refractivity contribution in [1.29, 1.82) is 0 Å². The molecule has 0 amide bonds. The van der Waals surface area contributed by atoms with Crippen LogP contribution in [0.4, 0.5) is 13.2 Å². The molecule has 0 aromatic heterocycles. The van der Waals surface area contributed by atoms with E-state index < -0.39 is 17.5 Å². The Bertz CT molecular complexity index is 572. The predicted octanol–water partition coefficient (Wildman–Crippen LogP) is 4.79. The van der Waals surface area contributed by atoms with Crippen molar-refractivity contribution in [3.05, 3.63) is 59.4 Å². The van der Waals surface area contributed by atoms with Gasteiger partial charge in [0.05, 0.1) is 0 Å². The van der Waals surface area contributed by atoms with Gasteiger partial charge < -0.3 is 4.74 Å². The van der Waals surface area contributed by atoms with Gasteiger partial charge in [-0.2, -0.15) is 0 Å². The Morgan fingerprint density at radius 3 is 2.06 bits per heavy atom. The summed E-state index contributed by atoms with van der Waals surface area (Å²) >= 11 is 3.19. The molecule has 2 aromatic rings. The first-order valence-electron chi connectivity index (χ1n) is 5.07. The van der Waals surface area contributed by atoms with Crippen molar-refractivity contribution in [2.75, 3.05) is 0 Å². The topological polar surface area (TPSA) is 9.23 Å². The van der Waals surface area contributed by atoms with Crippen LogP contribution in [-0.4, -0.2) is 0 Å². The molecule has 0 N–H and O–H groups in total. The summed E-state index contributed by atoms with van der Waals surface area (Å²) in [4.78, 5) is 0. The highest BCUT2D eigenvalue weighted by atomic mass is 79.9. The van der Waals surface area contributed by atoms with Gasteiger partial charge in [-0.05, 0) is 29.8 Å². The first kappa shape index (κ1) is 13.0. The van der Waals surface area contributed by atoms with E-state index in [4.69, 9.17) is 4.74 Å². The van der Waals surface area contributed by atoms with E-state index in [-0.39, 0.29) is 11.5 Å². The molecule has 0 aliphatic heterocycles. The zero-order valence-corrected chi connectivity index (χ0v) is 10.7. The second kappa shape index (κ2) is 5.44. The maximum absolute atomic E-state index is 13.6. The van der Waals surface area contributed by atoms with Crippen LogP contribution < -0.4 is 4.74 Å². The van der Waals surface area contributed by atoms with Gasteiger partial charge in [-0.25, -0.2) is 13.2 Å². The monoisotopic (exact) mass is 316 g/mol. The van der Waals surface area contributed by atoms with Crippen LogP contribution in [0.15, 0.2) is 36.4 Å². The highest BCUT2D eigenvalue weighted by Gasteiger charge is 2.10. The van der Waals surface area contributed by atoms with Crippen LogP contribution in [0.3, 0.4) is 0 Å². The number of rotatable bonds is 3. The fourth-order valence-corrected chi connectivity index (χ4v) is 1.74. The minimum atomic E-state index is -0.876. The molecular weight excluding hydrogens is 309 g/mol. The molecular formula is C13H8BrF3O. The van der Waals surface area contributed by atoms with Crippen LogP contribution in [-0.2, 0) is 5.33 Å². The molecule has 0 aliphatic rings. The van der Waals surface area contributed by atoms with E-state index >= 15 is 0 Å². The zero-order valence-electron chi connectivity index (χ0n) is 9.09. The summed E-state index contributed by atoms with van der Waals surface area (Å²) < 4.78 is 44.7. The number of hydrogen-bond acceptors (Lipinski definition) is 1. The van der Waals surface area contributed by atoms with Crippen LogP contribution >= 0.6 is 15.9 Å². The van der Waals surface area contributed by atoms with Crippen LogP contribution in [0.1, 0.15) is 5.56 Å². The summed E-state index contributed by atoms with van der Waals surface area (Å²) in [5, 5.41) is 0.509. The molecule has 0 fully saturated rings. The maximum atomic E-state index is 13.6. The Kier molecular flexibility index (Phi) is 3.91. The summed E-state index contributed by atoms with van der Waals surface area (Å²) in [6, 6.07) is 7.17. The molecule has 0 heterocycles. The molecule has 0 spiro atoms. The third-order valence-corrected chi connectivity index (χ3v) is 2.91. The van der Waals surface area contributed by atoms with Gasteiger partial charge in [0.25, 0.3) is 0 Å². The van der Waals surface area contributed by atoms with Crippen molar-refractivity contribution in [2.24, 2.45) is 0 Å². The van der Waals surface area contributed by atoms with Gasteiger partial charge in [-0.15, -0.1) is 0 Å². The Hall–Kier alpha value is -1.49. The summed E-state index contributed by atoms with van der Waals surface area (Å²) in [5.41, 5.74) is 0.736. The number of hydrogen-bond donors (Lipinski definition) is 0. The molecule has 5 heteroatoms. The van der Waals surface area contributed by atoms with E-state index in [9.17, 15) is 13.2 Å². The number of halogens is 4. The molecule has 0 saturated heterocycles. The van der Waals surface area contributed by atoms with Crippen LogP contribution in [0, 0.1) is 17.5 Å². The van der Waals surface area contributed by atoms with Crippen LogP contribution in [0.25, 0.3) is 0 Å². The molecule has 0 aliphatic carbocycles. The zero-order chi connectivity index (χ0) is 13.1. The summed E-state index contributed by atoms with van der Waals surface area (Å²) in [6.45, 7) is 0. The third-order valence-electron chi connectivity index (χ3n) is 2.26. The fourth-order valence-electron chi connectivity index (χ4n) is 1.39. The molecule has 18 heavy (non-hydrogen) atoms. The smallest absolute Gasteiger partial charge is 0.168 e. The molecule has 94 valence electrons. The van der Waals surface area contributed by atoms with Gasteiger partial charge in [0.2, 0.25) is 0 Å². The van der Waals surface area contributed by atoms with Gasteiger partial charge in [-0.1, -0.05) is 22.0 Å². The largest absolute Gasteiger partial charge is 0.451 e. The SMILES string of the molecule is Fc1ccc(Oc2ccc(CBr)cc2F)c(F)c1. The standard InChI is InChI=1S/C13H8BrF3O/c14-7-8-1-3-12(10(16)5-8)18-13-4-2-9(15)6-11(13)17/h1-6H,7H2. The molecule has 1 nitrogen and oxygen atoms in total. The predicted molar refractivity (Wildman–Crippen MR) is 65.5 cm³/mol. The normalized spacial score (nSPS) is 10.4. The van der Waals surface area contributed by atoms with E-state index in [1.54, 1.807) is 6.07 Å². The molecule has 0 saturated carbocycles. The molecule has 0 atom stereocenters. The lowest BCUT2D eigenvalue weighted by Gasteiger charge is -2.08. The lowest BCUT2D eigenvalue weighted by Crippen LogP contribution is -1.93. The van der Waals surface area contributed by atoms with Crippen molar-refractivity contribution in [1.82, 2.24) is 0 Å². The van der Waals surface area contributed by atoms with Crippen molar-refractivity contribution < 1.29 is 17.9 Å². The fraction of sp³-hybridized carbons (Fsp3) is 0.0769. The van der Waals surface area contributed by atoms with E-state index in [1.807, 2.05) is 0 Å². The Labute approximate surface area is 110 Å². The molecule has 2 aromatic carbocycles.